The molecule has 0 spiro atoms. The second-order valence-electron chi connectivity index (χ2n) is 8.35. The number of rotatable bonds is 9. The minimum atomic E-state index is 0.656. The predicted octanol–water partition coefficient (Wildman–Crippen LogP) is 5.08. The molecule has 0 fully saturated rings. The second kappa shape index (κ2) is 10.7. The largest absolute Gasteiger partial charge is 0.245 e. The van der Waals surface area contributed by atoms with Gasteiger partial charge in [0.2, 0.25) is 0 Å². The highest BCUT2D eigenvalue weighted by Crippen LogP contribution is 2.29. The molecule has 174 valence electrons. The molecule has 0 aliphatic carbocycles. The monoisotopic (exact) mass is 461 g/mol. The summed E-state index contributed by atoms with van der Waals surface area (Å²) in [5.41, 5.74) is 5.63. The molecular formula is C28H27N7. The summed E-state index contributed by atoms with van der Waals surface area (Å²) in [5, 5.41) is 19.2. The molecule has 0 atom stereocenters. The van der Waals surface area contributed by atoms with Gasteiger partial charge in [0.25, 0.3) is 0 Å². The fourth-order valence-electron chi connectivity index (χ4n) is 4.11. The van der Waals surface area contributed by atoms with Gasteiger partial charge in [-0.15, -0.1) is 5.10 Å². The van der Waals surface area contributed by atoms with E-state index in [0.29, 0.717) is 12.4 Å². The summed E-state index contributed by atoms with van der Waals surface area (Å²) in [6.45, 7) is 2.71. The SMILES string of the molecule is C/C=C/Cc1nc(CCc2ccccc2)nn1Cc1ccc(-c2ccccc2-c2nnn[nH]2)cc1. The molecule has 0 amide bonds. The van der Waals surface area contributed by atoms with Crippen LogP contribution in [-0.4, -0.2) is 35.4 Å². The van der Waals surface area contributed by atoms with E-state index in [-0.39, 0.29) is 0 Å². The molecule has 0 aliphatic rings. The molecule has 0 saturated heterocycles. The molecule has 0 radical (unpaired) electrons. The van der Waals surface area contributed by atoms with Crippen LogP contribution in [0.2, 0.25) is 0 Å². The van der Waals surface area contributed by atoms with Gasteiger partial charge >= 0.3 is 0 Å². The molecule has 0 saturated carbocycles. The highest BCUT2D eigenvalue weighted by molar-refractivity contribution is 5.80. The van der Waals surface area contributed by atoms with E-state index in [1.807, 2.05) is 35.9 Å². The van der Waals surface area contributed by atoms with Crippen LogP contribution in [0.25, 0.3) is 22.5 Å². The Bertz CT molecular complexity index is 1390. The van der Waals surface area contributed by atoms with Gasteiger partial charge in [-0.2, -0.15) is 5.10 Å². The number of tetrazole rings is 1. The van der Waals surface area contributed by atoms with E-state index < -0.39 is 0 Å². The minimum absolute atomic E-state index is 0.656. The van der Waals surface area contributed by atoms with Gasteiger partial charge in [0.15, 0.2) is 11.6 Å². The van der Waals surface area contributed by atoms with E-state index in [0.717, 1.165) is 47.6 Å². The first-order valence-electron chi connectivity index (χ1n) is 11.8. The van der Waals surface area contributed by atoms with Crippen molar-refractivity contribution in [3.8, 4) is 22.5 Å². The van der Waals surface area contributed by atoms with Gasteiger partial charge in [-0.25, -0.2) is 14.8 Å². The number of hydrogen-bond acceptors (Lipinski definition) is 5. The number of benzene rings is 3. The van der Waals surface area contributed by atoms with Crippen molar-refractivity contribution in [2.75, 3.05) is 0 Å². The molecule has 2 heterocycles. The third-order valence-corrected chi connectivity index (χ3v) is 5.93. The third kappa shape index (κ3) is 5.41. The molecule has 3 aromatic carbocycles. The fraction of sp³-hybridized carbons (Fsp3) is 0.179. The first kappa shape index (κ1) is 22.4. The van der Waals surface area contributed by atoms with Crippen LogP contribution in [0, 0.1) is 0 Å². The lowest BCUT2D eigenvalue weighted by atomic mass is 9.98. The zero-order valence-corrected chi connectivity index (χ0v) is 19.7. The zero-order valence-electron chi connectivity index (χ0n) is 19.7. The number of aromatic amines is 1. The molecule has 0 aliphatic heterocycles. The van der Waals surface area contributed by atoms with E-state index in [2.05, 4.69) is 87.4 Å². The van der Waals surface area contributed by atoms with Crippen molar-refractivity contribution in [1.82, 2.24) is 35.4 Å². The first-order chi connectivity index (χ1) is 17.3. The van der Waals surface area contributed by atoms with Crippen LogP contribution in [-0.2, 0) is 25.8 Å². The number of aryl methyl sites for hydroxylation is 2. The number of hydrogen-bond donors (Lipinski definition) is 1. The minimum Gasteiger partial charge on any atom is -0.245 e. The van der Waals surface area contributed by atoms with Gasteiger partial charge in [0.05, 0.1) is 6.54 Å². The Balaban J connectivity index is 1.35. The van der Waals surface area contributed by atoms with E-state index >= 15 is 0 Å². The molecular weight excluding hydrogens is 434 g/mol. The Kier molecular flexibility index (Phi) is 6.84. The number of nitrogens with zero attached hydrogens (tertiary/aromatic N) is 6. The van der Waals surface area contributed by atoms with Crippen LogP contribution in [0.15, 0.2) is 91.0 Å². The van der Waals surface area contributed by atoms with E-state index in [1.165, 1.54) is 11.1 Å². The number of allylic oxidation sites excluding steroid dienone is 2. The van der Waals surface area contributed by atoms with Crippen LogP contribution in [0.4, 0.5) is 0 Å². The van der Waals surface area contributed by atoms with Crippen molar-refractivity contribution < 1.29 is 0 Å². The number of nitrogens with one attached hydrogen (secondary N) is 1. The highest BCUT2D eigenvalue weighted by Gasteiger charge is 2.12. The maximum Gasteiger partial charge on any atom is 0.180 e. The molecule has 0 bridgehead atoms. The van der Waals surface area contributed by atoms with Crippen molar-refractivity contribution in [3.05, 3.63) is 114 Å². The van der Waals surface area contributed by atoms with Crippen molar-refractivity contribution in [2.24, 2.45) is 0 Å². The van der Waals surface area contributed by atoms with Gasteiger partial charge in [-0.05, 0) is 46.0 Å². The molecule has 1 N–H and O–H groups in total. The first-order valence-corrected chi connectivity index (χ1v) is 11.8. The molecule has 5 aromatic rings. The summed E-state index contributed by atoms with van der Waals surface area (Å²) in [7, 11) is 0. The third-order valence-electron chi connectivity index (χ3n) is 5.93. The van der Waals surface area contributed by atoms with Gasteiger partial charge in [-0.1, -0.05) is 91.0 Å². The summed E-state index contributed by atoms with van der Waals surface area (Å²) >= 11 is 0. The maximum atomic E-state index is 4.85. The van der Waals surface area contributed by atoms with E-state index in [4.69, 9.17) is 10.1 Å². The summed E-state index contributed by atoms with van der Waals surface area (Å²) < 4.78 is 2.03. The van der Waals surface area contributed by atoms with Crippen molar-refractivity contribution in [2.45, 2.75) is 32.7 Å². The normalized spacial score (nSPS) is 11.3. The fourth-order valence-corrected chi connectivity index (χ4v) is 4.11. The van der Waals surface area contributed by atoms with Gasteiger partial charge < -0.3 is 0 Å². The molecule has 5 rings (SSSR count). The Hall–Kier alpha value is -4.39. The Morgan fingerprint density at radius 1 is 0.829 bits per heavy atom. The standard InChI is InChI=1S/C28H27N7/c1-2-3-13-27-29-26(19-16-21-9-5-4-6-10-21)32-35(27)20-22-14-17-23(18-15-22)24-11-7-8-12-25(24)28-30-33-34-31-28/h2-12,14-15,17-18H,13,16,19-20H2,1H3,(H,30,31,33,34)/b3-2+. The Morgan fingerprint density at radius 2 is 1.60 bits per heavy atom. The van der Waals surface area contributed by atoms with Crippen LogP contribution in [0.5, 0.6) is 0 Å². The summed E-state index contributed by atoms with van der Waals surface area (Å²) in [4.78, 5) is 4.84. The van der Waals surface area contributed by atoms with Crippen LogP contribution >= 0.6 is 0 Å². The summed E-state index contributed by atoms with van der Waals surface area (Å²) in [6, 6.07) is 27.2. The second-order valence-corrected chi connectivity index (χ2v) is 8.35. The zero-order chi connectivity index (χ0) is 23.9. The lowest BCUT2D eigenvalue weighted by Crippen LogP contribution is -2.07. The summed E-state index contributed by atoms with van der Waals surface area (Å²) in [5.74, 6) is 2.53. The van der Waals surface area contributed by atoms with Crippen molar-refractivity contribution in [3.63, 3.8) is 0 Å². The number of H-pyrrole nitrogens is 1. The average Bonchev–Trinajstić information content (AvgIpc) is 3.58. The van der Waals surface area contributed by atoms with Crippen LogP contribution < -0.4 is 0 Å². The van der Waals surface area contributed by atoms with E-state index in [1.54, 1.807) is 0 Å². The molecule has 2 aromatic heterocycles. The smallest absolute Gasteiger partial charge is 0.180 e. The quantitative estimate of drug-likeness (QED) is 0.310. The lowest BCUT2D eigenvalue weighted by Gasteiger charge is -2.09. The van der Waals surface area contributed by atoms with Crippen LogP contribution in [0.3, 0.4) is 0 Å². The molecule has 7 heteroatoms. The van der Waals surface area contributed by atoms with Gasteiger partial charge in [0.1, 0.15) is 5.82 Å². The molecule has 7 nitrogen and oxygen atoms in total. The maximum absolute atomic E-state index is 4.85. The predicted molar refractivity (Wildman–Crippen MR) is 137 cm³/mol. The molecule has 35 heavy (non-hydrogen) atoms. The molecule has 0 unspecified atom stereocenters. The van der Waals surface area contributed by atoms with Crippen LogP contribution in [0.1, 0.15) is 29.7 Å². The highest BCUT2D eigenvalue weighted by atomic mass is 15.5. The average molecular weight is 462 g/mol. The van der Waals surface area contributed by atoms with Gasteiger partial charge in [0, 0.05) is 18.4 Å². The number of aromatic nitrogens is 7. The van der Waals surface area contributed by atoms with Crippen molar-refractivity contribution in [1.29, 1.82) is 0 Å². The van der Waals surface area contributed by atoms with Crippen molar-refractivity contribution >= 4 is 0 Å². The van der Waals surface area contributed by atoms with E-state index in [9.17, 15) is 0 Å². The topological polar surface area (TPSA) is 85.2 Å². The van der Waals surface area contributed by atoms with Gasteiger partial charge in [-0.3, -0.25) is 0 Å². The lowest BCUT2D eigenvalue weighted by molar-refractivity contribution is 0.641. The Morgan fingerprint density at radius 3 is 2.34 bits per heavy atom. The summed E-state index contributed by atoms with van der Waals surface area (Å²) in [6.07, 6.45) is 6.71. The Labute approximate surface area is 204 Å².